The number of hydrogen-bond donors (Lipinski definition) is 2. The van der Waals surface area contributed by atoms with Gasteiger partial charge in [-0.05, 0) is 24.3 Å². The summed E-state index contributed by atoms with van der Waals surface area (Å²) in [5, 5.41) is 3.18. The zero-order valence-corrected chi connectivity index (χ0v) is 10.3. The van der Waals surface area contributed by atoms with Gasteiger partial charge in [-0.3, -0.25) is 0 Å². The Bertz CT molecular complexity index is 577. The maximum absolute atomic E-state index is 12.9. The highest BCUT2D eigenvalue weighted by molar-refractivity contribution is 6.33. The number of aromatic nitrogens is 1. The fraction of sp³-hybridized carbons (Fsp3) is 0.0833. The Morgan fingerprint density at radius 3 is 2.78 bits per heavy atom. The molecule has 0 spiro atoms. The minimum atomic E-state index is -0.405. The second-order valence-corrected chi connectivity index (χ2v) is 3.95. The number of ether oxygens (including phenoxy) is 1. The number of halogens is 2. The van der Waals surface area contributed by atoms with E-state index >= 15 is 0 Å². The highest BCUT2D eigenvalue weighted by Crippen LogP contribution is 2.28. The summed E-state index contributed by atoms with van der Waals surface area (Å²) in [6, 6.07) is 7.32. The first-order valence-electron chi connectivity index (χ1n) is 5.12. The van der Waals surface area contributed by atoms with E-state index in [-0.39, 0.29) is 5.02 Å². The van der Waals surface area contributed by atoms with Gasteiger partial charge in [-0.25, -0.2) is 4.39 Å². The lowest BCUT2D eigenvalue weighted by Crippen LogP contribution is -2.01. The molecule has 2 aromatic rings. The quantitative estimate of drug-likeness (QED) is 0.896. The molecule has 1 aromatic heterocycles. The second kappa shape index (κ2) is 5.10. The van der Waals surface area contributed by atoms with Crippen molar-refractivity contribution in [3.63, 3.8) is 0 Å². The Balaban J connectivity index is 2.33. The lowest BCUT2D eigenvalue weighted by molar-refractivity contribution is 0.398. The molecule has 2 rings (SSSR count). The van der Waals surface area contributed by atoms with Gasteiger partial charge >= 0.3 is 0 Å². The number of anilines is 3. The fourth-order valence-electron chi connectivity index (χ4n) is 1.38. The van der Waals surface area contributed by atoms with E-state index in [1.54, 1.807) is 12.1 Å². The predicted molar refractivity (Wildman–Crippen MR) is 69.9 cm³/mol. The van der Waals surface area contributed by atoms with Crippen LogP contribution in [0.3, 0.4) is 0 Å². The Labute approximate surface area is 109 Å². The van der Waals surface area contributed by atoms with Crippen LogP contribution >= 0.6 is 11.6 Å². The van der Waals surface area contributed by atoms with Gasteiger partial charge in [0.15, 0.2) is 5.82 Å². The summed E-state index contributed by atoms with van der Waals surface area (Å²) in [6.45, 7) is 0. The van der Waals surface area contributed by atoms with Gasteiger partial charge in [0.1, 0.15) is 5.82 Å². The first kappa shape index (κ1) is 12.4. The monoisotopic (exact) mass is 267 g/mol. The zero-order valence-electron chi connectivity index (χ0n) is 9.58. The van der Waals surface area contributed by atoms with E-state index in [4.69, 9.17) is 22.1 Å². The molecule has 0 fully saturated rings. The summed E-state index contributed by atoms with van der Waals surface area (Å²) >= 11 is 5.90. The summed E-state index contributed by atoms with van der Waals surface area (Å²) < 4.78 is 17.9. The molecular formula is C12H11ClFN3O. The maximum atomic E-state index is 12.9. The number of nitrogens with zero attached hydrogens (tertiary/aromatic N) is 1. The van der Waals surface area contributed by atoms with Crippen molar-refractivity contribution in [3.8, 4) is 5.88 Å². The third-order valence-electron chi connectivity index (χ3n) is 2.29. The maximum Gasteiger partial charge on any atom is 0.215 e. The average Bonchev–Trinajstić information content (AvgIpc) is 2.35. The minimum absolute atomic E-state index is 0.249. The van der Waals surface area contributed by atoms with Crippen molar-refractivity contribution < 1.29 is 9.13 Å². The molecule has 1 heterocycles. The highest BCUT2D eigenvalue weighted by Gasteiger charge is 2.07. The molecule has 3 N–H and O–H groups in total. The molecule has 0 atom stereocenters. The molecular weight excluding hydrogens is 257 g/mol. The highest BCUT2D eigenvalue weighted by atomic mass is 35.5. The van der Waals surface area contributed by atoms with Crippen molar-refractivity contribution in [2.45, 2.75) is 0 Å². The smallest absolute Gasteiger partial charge is 0.215 e. The average molecular weight is 268 g/mol. The van der Waals surface area contributed by atoms with Crippen molar-refractivity contribution in [1.82, 2.24) is 4.98 Å². The number of nitrogen functional groups attached to an aromatic ring is 1. The summed E-state index contributed by atoms with van der Waals surface area (Å²) in [4.78, 5) is 4.14. The molecule has 0 bridgehead atoms. The van der Waals surface area contributed by atoms with Crippen molar-refractivity contribution in [2.75, 3.05) is 18.2 Å². The lowest BCUT2D eigenvalue weighted by Gasteiger charge is -2.10. The molecule has 0 aliphatic carbocycles. The first-order chi connectivity index (χ1) is 8.60. The second-order valence-electron chi connectivity index (χ2n) is 3.54. The van der Waals surface area contributed by atoms with E-state index < -0.39 is 5.82 Å². The van der Waals surface area contributed by atoms with E-state index in [1.165, 1.54) is 25.3 Å². The minimum Gasteiger partial charge on any atom is -0.481 e. The van der Waals surface area contributed by atoms with Crippen LogP contribution in [0.2, 0.25) is 5.02 Å². The standard InChI is InChI=1S/C12H11ClFN3O/c1-18-11-5-3-9(15)12(17-11)16-10-4-2-7(14)6-8(10)13/h2-6H,15H2,1H3,(H,16,17). The molecule has 0 unspecified atom stereocenters. The molecule has 0 aliphatic heterocycles. The molecule has 0 saturated carbocycles. The van der Waals surface area contributed by atoms with E-state index in [0.29, 0.717) is 23.1 Å². The van der Waals surface area contributed by atoms with Crippen molar-refractivity contribution in [1.29, 1.82) is 0 Å². The third kappa shape index (κ3) is 2.62. The lowest BCUT2D eigenvalue weighted by atomic mass is 10.3. The van der Waals surface area contributed by atoms with Gasteiger partial charge in [0.05, 0.1) is 23.5 Å². The molecule has 94 valence electrons. The summed E-state index contributed by atoms with van der Waals surface area (Å²) in [5.74, 6) is 0.421. The van der Waals surface area contributed by atoms with Gasteiger partial charge in [0.2, 0.25) is 5.88 Å². The van der Waals surface area contributed by atoms with E-state index in [9.17, 15) is 4.39 Å². The van der Waals surface area contributed by atoms with Crippen molar-refractivity contribution >= 4 is 28.8 Å². The Kier molecular flexibility index (Phi) is 3.53. The topological polar surface area (TPSA) is 60.2 Å². The van der Waals surface area contributed by atoms with Gasteiger partial charge in [-0.1, -0.05) is 11.6 Å². The molecule has 0 saturated heterocycles. The van der Waals surface area contributed by atoms with Gasteiger partial charge in [0.25, 0.3) is 0 Å². The number of pyridine rings is 1. The zero-order chi connectivity index (χ0) is 13.1. The number of benzene rings is 1. The number of methoxy groups -OCH3 is 1. The number of nitrogens with one attached hydrogen (secondary N) is 1. The first-order valence-corrected chi connectivity index (χ1v) is 5.50. The summed E-state index contributed by atoms with van der Waals surface area (Å²) in [7, 11) is 1.51. The Hall–Kier alpha value is -2.01. The number of rotatable bonds is 3. The van der Waals surface area contributed by atoms with Crippen LogP contribution in [-0.2, 0) is 0 Å². The number of nitrogens with two attached hydrogens (primary N) is 1. The largest absolute Gasteiger partial charge is 0.481 e. The summed E-state index contributed by atoms with van der Waals surface area (Å²) in [6.07, 6.45) is 0. The van der Waals surface area contributed by atoms with Crippen LogP contribution in [0.1, 0.15) is 0 Å². The Morgan fingerprint density at radius 2 is 2.11 bits per heavy atom. The predicted octanol–water partition coefficient (Wildman–Crippen LogP) is 3.21. The van der Waals surface area contributed by atoms with E-state index in [1.807, 2.05) is 0 Å². The molecule has 0 amide bonds. The van der Waals surface area contributed by atoms with Gasteiger partial charge in [-0.2, -0.15) is 4.98 Å². The van der Waals surface area contributed by atoms with Crippen LogP contribution in [0.25, 0.3) is 0 Å². The molecule has 18 heavy (non-hydrogen) atoms. The van der Waals surface area contributed by atoms with Crippen molar-refractivity contribution in [2.24, 2.45) is 0 Å². The van der Waals surface area contributed by atoms with Crippen LogP contribution in [0.4, 0.5) is 21.6 Å². The van der Waals surface area contributed by atoms with E-state index in [2.05, 4.69) is 10.3 Å². The summed E-state index contributed by atoms with van der Waals surface area (Å²) in [5.41, 5.74) is 6.73. The van der Waals surface area contributed by atoms with E-state index in [0.717, 1.165) is 0 Å². The molecule has 6 heteroatoms. The van der Waals surface area contributed by atoms with Crippen LogP contribution < -0.4 is 15.8 Å². The van der Waals surface area contributed by atoms with Gasteiger partial charge in [-0.15, -0.1) is 0 Å². The van der Waals surface area contributed by atoms with Gasteiger partial charge < -0.3 is 15.8 Å². The van der Waals surface area contributed by atoms with Crippen LogP contribution in [0, 0.1) is 5.82 Å². The fourth-order valence-corrected chi connectivity index (χ4v) is 1.60. The molecule has 0 radical (unpaired) electrons. The van der Waals surface area contributed by atoms with Crippen LogP contribution in [0.15, 0.2) is 30.3 Å². The molecule has 4 nitrogen and oxygen atoms in total. The normalized spacial score (nSPS) is 10.2. The van der Waals surface area contributed by atoms with Crippen molar-refractivity contribution in [3.05, 3.63) is 41.2 Å². The Morgan fingerprint density at radius 1 is 1.33 bits per heavy atom. The van der Waals surface area contributed by atoms with Crippen LogP contribution in [0.5, 0.6) is 5.88 Å². The third-order valence-corrected chi connectivity index (χ3v) is 2.61. The van der Waals surface area contributed by atoms with Crippen LogP contribution in [-0.4, -0.2) is 12.1 Å². The van der Waals surface area contributed by atoms with Gasteiger partial charge in [0, 0.05) is 6.07 Å². The molecule has 0 aliphatic rings. The SMILES string of the molecule is COc1ccc(N)c(Nc2ccc(F)cc2Cl)n1. The number of hydrogen-bond acceptors (Lipinski definition) is 4. The molecule has 1 aromatic carbocycles.